The Labute approximate surface area is 388 Å². The summed E-state index contributed by atoms with van der Waals surface area (Å²) in [5.41, 5.74) is 7.26. The van der Waals surface area contributed by atoms with Gasteiger partial charge in [0, 0.05) is 70.2 Å². The van der Waals surface area contributed by atoms with E-state index in [9.17, 15) is 51.1 Å². The van der Waals surface area contributed by atoms with E-state index >= 15 is 0 Å². The average molecular weight is 907 g/mol. The molecule has 0 saturated carbocycles. The first-order valence-electron chi connectivity index (χ1n) is 22.2. The van der Waals surface area contributed by atoms with E-state index in [0.29, 0.717) is 72.7 Å². The molecule has 2 heterocycles. The summed E-state index contributed by atoms with van der Waals surface area (Å²) in [4.78, 5) is 0. The number of phenolic OH excluding ortho intramolecular Hbond substituents is 10. The molecule has 0 bridgehead atoms. The third kappa shape index (κ3) is 6.20. The van der Waals surface area contributed by atoms with E-state index in [2.05, 4.69) is 0 Å². The van der Waals surface area contributed by atoms with Crippen molar-refractivity contribution in [2.24, 2.45) is 0 Å². The van der Waals surface area contributed by atoms with Gasteiger partial charge in [0.05, 0.1) is 11.8 Å². The lowest BCUT2D eigenvalue weighted by Crippen LogP contribution is -2.21. The van der Waals surface area contributed by atoms with Crippen molar-refractivity contribution in [2.75, 3.05) is 0 Å². The number of aromatic hydroxyl groups is 10. The van der Waals surface area contributed by atoms with Crippen molar-refractivity contribution in [3.63, 3.8) is 0 Å². The minimum atomic E-state index is -0.838. The fourth-order valence-corrected chi connectivity index (χ4v) is 12.0. The van der Waals surface area contributed by atoms with Gasteiger partial charge in [0.1, 0.15) is 81.2 Å². The Hall–Kier alpha value is -8.64. The summed E-state index contributed by atoms with van der Waals surface area (Å²) in [5, 5.41) is 112. The Kier molecular flexibility index (Phi) is 8.97. The van der Waals surface area contributed by atoms with Gasteiger partial charge in [0.15, 0.2) is 0 Å². The molecule has 8 aromatic rings. The highest BCUT2D eigenvalue weighted by Crippen LogP contribution is 2.72. The minimum absolute atomic E-state index is 0.0105. The van der Waals surface area contributed by atoms with Crippen LogP contribution in [0.5, 0.6) is 69.0 Å². The minimum Gasteiger partial charge on any atom is -0.508 e. The van der Waals surface area contributed by atoms with Crippen LogP contribution in [0, 0.1) is 0 Å². The number of benzene rings is 8. The quantitative estimate of drug-likeness (QED) is 0.0753. The number of phenols is 10. The summed E-state index contributed by atoms with van der Waals surface area (Å²) in [7, 11) is 0. The van der Waals surface area contributed by atoms with Gasteiger partial charge in [-0.1, -0.05) is 48.5 Å². The van der Waals surface area contributed by atoms with Gasteiger partial charge >= 0.3 is 0 Å². The zero-order chi connectivity index (χ0) is 46.9. The fourth-order valence-electron chi connectivity index (χ4n) is 12.0. The van der Waals surface area contributed by atoms with Crippen molar-refractivity contribution in [3.05, 3.63) is 212 Å². The molecular formula is C56H42O12. The van der Waals surface area contributed by atoms with E-state index in [1.807, 2.05) is 12.1 Å². The predicted molar refractivity (Wildman–Crippen MR) is 248 cm³/mol. The van der Waals surface area contributed by atoms with Crippen molar-refractivity contribution in [1.82, 2.24) is 0 Å². The van der Waals surface area contributed by atoms with Gasteiger partial charge < -0.3 is 60.5 Å². The van der Waals surface area contributed by atoms with Crippen molar-refractivity contribution in [1.29, 1.82) is 0 Å². The Morgan fingerprint density at radius 1 is 0.265 bits per heavy atom. The first kappa shape index (κ1) is 40.8. The molecule has 8 atom stereocenters. The number of hydrogen-bond donors (Lipinski definition) is 10. The van der Waals surface area contributed by atoms with Crippen LogP contribution in [0.1, 0.15) is 114 Å². The molecule has 0 aromatic heterocycles. The highest BCUT2D eigenvalue weighted by Gasteiger charge is 2.57. The third-order valence-corrected chi connectivity index (χ3v) is 14.4. The Balaban J connectivity index is 1.20. The van der Waals surface area contributed by atoms with Gasteiger partial charge in [0.25, 0.3) is 0 Å². The predicted octanol–water partition coefficient (Wildman–Crippen LogP) is 10.4. The lowest BCUT2D eigenvalue weighted by Gasteiger charge is -2.35. The Morgan fingerprint density at radius 3 is 1.26 bits per heavy atom. The van der Waals surface area contributed by atoms with Crippen LogP contribution < -0.4 is 9.47 Å². The molecule has 338 valence electrons. The molecule has 12 nitrogen and oxygen atoms in total. The van der Waals surface area contributed by atoms with E-state index in [0.717, 1.165) is 5.56 Å². The summed E-state index contributed by atoms with van der Waals surface area (Å²) in [6.07, 6.45) is -1.59. The summed E-state index contributed by atoms with van der Waals surface area (Å²) < 4.78 is 13.7. The highest BCUT2D eigenvalue weighted by atomic mass is 16.5. The lowest BCUT2D eigenvalue weighted by molar-refractivity contribution is 0.221. The normalized spacial score (nSPS) is 22.6. The molecule has 68 heavy (non-hydrogen) atoms. The van der Waals surface area contributed by atoms with Crippen LogP contribution in [-0.4, -0.2) is 51.1 Å². The molecule has 12 rings (SSSR count). The molecular weight excluding hydrogens is 865 g/mol. The molecule has 0 spiro atoms. The van der Waals surface area contributed by atoms with Gasteiger partial charge in [-0.2, -0.15) is 0 Å². The maximum absolute atomic E-state index is 12.8. The highest BCUT2D eigenvalue weighted by molar-refractivity contribution is 5.74. The molecule has 0 radical (unpaired) electrons. The molecule has 2 aliphatic heterocycles. The summed E-state index contributed by atoms with van der Waals surface area (Å²) in [6, 6.07) is 38.6. The monoisotopic (exact) mass is 906 g/mol. The average Bonchev–Trinajstić information content (AvgIpc) is 3.96. The molecule has 2 aliphatic carbocycles. The largest absolute Gasteiger partial charge is 0.508 e. The first-order chi connectivity index (χ1) is 32.8. The second-order valence-corrected chi connectivity index (χ2v) is 18.2. The molecule has 0 fully saturated rings. The van der Waals surface area contributed by atoms with Crippen LogP contribution >= 0.6 is 0 Å². The van der Waals surface area contributed by atoms with Gasteiger partial charge in [0.2, 0.25) is 0 Å². The molecule has 12 heteroatoms. The zero-order valence-corrected chi connectivity index (χ0v) is 35.8. The van der Waals surface area contributed by atoms with Crippen LogP contribution in [0.4, 0.5) is 0 Å². The van der Waals surface area contributed by atoms with Crippen molar-refractivity contribution in [2.45, 2.75) is 47.7 Å². The van der Waals surface area contributed by atoms with E-state index in [-0.39, 0.29) is 57.5 Å². The second kappa shape index (κ2) is 14.9. The molecule has 0 saturated heterocycles. The van der Waals surface area contributed by atoms with Crippen molar-refractivity contribution in [3.8, 4) is 69.0 Å². The number of hydrogen-bond acceptors (Lipinski definition) is 12. The summed E-state index contributed by atoms with van der Waals surface area (Å²) in [6.45, 7) is 0. The van der Waals surface area contributed by atoms with Crippen LogP contribution in [0.15, 0.2) is 146 Å². The molecule has 4 aliphatic rings. The number of fused-ring (bicyclic) bond motifs is 3. The SMILES string of the molecule is Oc1ccc([C@@H]2c3c(O)cc(O)cc3[C@@H]3c4c(cc(O)c5c4[C@@H]2[C@H](c2ccc(O)cc2)[C@H]5c2cc(O)cc4c2[C@@H](c2cc(O)cc(O)c2)[C@H](c2ccc(O)cc2)O4)O[C@H]3c2ccc(O)cc2)cc1. The topological polar surface area (TPSA) is 221 Å². The number of rotatable bonds is 6. The van der Waals surface area contributed by atoms with E-state index in [4.69, 9.17) is 9.47 Å². The maximum atomic E-state index is 12.8. The van der Waals surface area contributed by atoms with Crippen LogP contribution in [0.2, 0.25) is 0 Å². The van der Waals surface area contributed by atoms with Crippen molar-refractivity contribution >= 4 is 0 Å². The number of ether oxygens (including phenoxy) is 2. The zero-order valence-electron chi connectivity index (χ0n) is 35.8. The molecule has 10 N–H and O–H groups in total. The van der Waals surface area contributed by atoms with Gasteiger partial charge in [-0.3, -0.25) is 0 Å². The Morgan fingerprint density at radius 2 is 0.706 bits per heavy atom. The second-order valence-electron chi connectivity index (χ2n) is 18.2. The maximum Gasteiger partial charge on any atom is 0.135 e. The summed E-state index contributed by atoms with van der Waals surface area (Å²) >= 11 is 0. The smallest absolute Gasteiger partial charge is 0.135 e. The van der Waals surface area contributed by atoms with E-state index in [1.54, 1.807) is 103 Å². The molecule has 0 unspecified atom stereocenters. The van der Waals surface area contributed by atoms with Gasteiger partial charge in [-0.25, -0.2) is 0 Å². The lowest BCUT2D eigenvalue weighted by atomic mass is 9.68. The van der Waals surface area contributed by atoms with Crippen molar-refractivity contribution < 1.29 is 60.5 Å². The Bertz CT molecular complexity index is 3310. The van der Waals surface area contributed by atoms with E-state index < -0.39 is 47.7 Å². The van der Waals surface area contributed by atoms with Crippen LogP contribution in [-0.2, 0) is 0 Å². The molecule has 8 aromatic carbocycles. The van der Waals surface area contributed by atoms with Gasteiger partial charge in [-0.05, 0) is 117 Å². The van der Waals surface area contributed by atoms with E-state index in [1.165, 1.54) is 30.3 Å². The molecule has 0 amide bonds. The summed E-state index contributed by atoms with van der Waals surface area (Å²) in [5.74, 6) is -4.72. The third-order valence-electron chi connectivity index (χ3n) is 14.4. The fraction of sp³-hybridized carbons (Fsp3) is 0.143. The first-order valence-corrected chi connectivity index (χ1v) is 22.2. The standard InChI is InChI=1S/C56H42O12/c57-30-9-1-25(2-10-30)44-47-38(20-36(63)22-40(47)65)50-52-43(68-56(50)28-7-15-33(60)16-8-28)24-41(66)51-49(45(53(44)54(51)52)26-3-11-31(58)12-4-26)39-21-37(64)23-42-48(39)46(29-17-34(61)19-35(62)18-29)55(67-42)27-5-13-32(59)14-6-27/h1-24,44-46,49-50,53,55-66H/t44-,45-,46-,49-,50-,53+,55+,56+/m1/s1. The van der Waals surface area contributed by atoms with Crippen LogP contribution in [0.25, 0.3) is 0 Å². The van der Waals surface area contributed by atoms with Crippen LogP contribution in [0.3, 0.4) is 0 Å². The van der Waals surface area contributed by atoms with Gasteiger partial charge in [-0.15, -0.1) is 0 Å².